The molecule has 2 nitrogen and oxygen atoms in total. The summed E-state index contributed by atoms with van der Waals surface area (Å²) in [7, 11) is 0. The zero-order valence-corrected chi connectivity index (χ0v) is 11.9. The van der Waals surface area contributed by atoms with Gasteiger partial charge in [0.2, 0.25) is 0 Å². The van der Waals surface area contributed by atoms with Crippen LogP contribution in [0.2, 0.25) is 0 Å². The lowest BCUT2D eigenvalue weighted by molar-refractivity contribution is 0.553. The molecule has 1 aromatic heterocycles. The first kappa shape index (κ1) is 13.1. The Morgan fingerprint density at radius 2 is 2.47 bits per heavy atom. The molecule has 2 rings (SSSR count). The molecule has 0 bridgehead atoms. The standard InChI is InChI=1S/C13H20N2S2/c1-3-9(2)6-11(15-14)13-7-10-8-16-5-4-12(10)17-13/h7,11,15H,2-6,8,14H2,1H3. The van der Waals surface area contributed by atoms with Crippen molar-refractivity contribution in [2.45, 2.75) is 38.0 Å². The average molecular weight is 268 g/mol. The Morgan fingerprint density at radius 3 is 3.12 bits per heavy atom. The predicted molar refractivity (Wildman–Crippen MR) is 78.3 cm³/mol. The smallest absolute Gasteiger partial charge is 0.0590 e. The third kappa shape index (κ3) is 3.13. The number of hydrogen-bond acceptors (Lipinski definition) is 4. The lowest BCUT2D eigenvalue weighted by Crippen LogP contribution is -2.27. The number of aryl methyl sites for hydroxylation is 1. The van der Waals surface area contributed by atoms with Crippen LogP contribution in [0.1, 0.15) is 41.1 Å². The number of nitrogens with one attached hydrogen (secondary N) is 1. The molecule has 94 valence electrons. The molecule has 0 aromatic carbocycles. The van der Waals surface area contributed by atoms with Crippen molar-refractivity contribution in [3.8, 4) is 0 Å². The number of thioether (sulfide) groups is 1. The summed E-state index contributed by atoms with van der Waals surface area (Å²) < 4.78 is 0. The molecule has 0 fully saturated rings. The molecule has 3 N–H and O–H groups in total. The Hall–Kier alpha value is -0.290. The first-order valence-corrected chi connectivity index (χ1v) is 8.03. The molecule has 0 aliphatic carbocycles. The number of rotatable bonds is 5. The highest BCUT2D eigenvalue weighted by molar-refractivity contribution is 7.98. The van der Waals surface area contributed by atoms with Gasteiger partial charge in [0.15, 0.2) is 0 Å². The fourth-order valence-electron chi connectivity index (χ4n) is 2.02. The molecule has 0 saturated carbocycles. The van der Waals surface area contributed by atoms with E-state index in [1.807, 2.05) is 23.1 Å². The topological polar surface area (TPSA) is 38.0 Å². The van der Waals surface area contributed by atoms with Crippen molar-refractivity contribution < 1.29 is 0 Å². The fraction of sp³-hybridized carbons (Fsp3) is 0.538. The summed E-state index contributed by atoms with van der Waals surface area (Å²) in [6.45, 7) is 6.22. The quantitative estimate of drug-likeness (QED) is 0.488. The van der Waals surface area contributed by atoms with Gasteiger partial charge in [0.1, 0.15) is 0 Å². The number of fused-ring (bicyclic) bond motifs is 1. The number of hydrogen-bond donors (Lipinski definition) is 2. The van der Waals surface area contributed by atoms with Crippen LogP contribution in [0.15, 0.2) is 18.2 Å². The molecule has 0 radical (unpaired) electrons. The molecule has 17 heavy (non-hydrogen) atoms. The van der Waals surface area contributed by atoms with Gasteiger partial charge in [-0.15, -0.1) is 11.3 Å². The van der Waals surface area contributed by atoms with Crippen LogP contribution >= 0.6 is 23.1 Å². The lowest BCUT2D eigenvalue weighted by Gasteiger charge is -2.14. The zero-order chi connectivity index (χ0) is 12.3. The molecule has 0 spiro atoms. The highest BCUT2D eigenvalue weighted by Gasteiger charge is 2.18. The third-order valence-corrected chi connectivity index (χ3v) is 5.54. The summed E-state index contributed by atoms with van der Waals surface area (Å²) in [6.07, 6.45) is 3.19. The van der Waals surface area contributed by atoms with E-state index >= 15 is 0 Å². The Bertz CT molecular complexity index is 375. The molecule has 1 aliphatic rings. The molecule has 4 heteroatoms. The van der Waals surface area contributed by atoms with Gasteiger partial charge in [-0.1, -0.05) is 19.1 Å². The minimum Gasteiger partial charge on any atom is -0.271 e. The van der Waals surface area contributed by atoms with Crippen molar-refractivity contribution in [3.63, 3.8) is 0 Å². The Balaban J connectivity index is 2.13. The van der Waals surface area contributed by atoms with E-state index in [4.69, 9.17) is 5.84 Å². The van der Waals surface area contributed by atoms with E-state index in [2.05, 4.69) is 25.0 Å². The summed E-state index contributed by atoms with van der Waals surface area (Å²) >= 11 is 3.95. The third-order valence-electron chi connectivity index (χ3n) is 3.18. The molecule has 2 heterocycles. The molecular formula is C13H20N2S2. The van der Waals surface area contributed by atoms with Crippen LogP contribution in [0, 0.1) is 0 Å². The Kier molecular flexibility index (Phi) is 4.68. The second-order valence-corrected chi connectivity index (χ2v) is 6.70. The molecule has 1 aromatic rings. The van der Waals surface area contributed by atoms with Gasteiger partial charge in [-0.2, -0.15) is 11.8 Å². The second kappa shape index (κ2) is 6.05. The summed E-state index contributed by atoms with van der Waals surface area (Å²) in [4.78, 5) is 2.93. The van der Waals surface area contributed by atoms with Crippen LogP contribution in [-0.4, -0.2) is 5.75 Å². The molecule has 0 amide bonds. The van der Waals surface area contributed by atoms with Gasteiger partial charge in [0.05, 0.1) is 6.04 Å². The molecule has 1 atom stereocenters. The monoisotopic (exact) mass is 268 g/mol. The number of hydrazine groups is 1. The summed E-state index contributed by atoms with van der Waals surface area (Å²) in [5.41, 5.74) is 5.71. The van der Waals surface area contributed by atoms with E-state index < -0.39 is 0 Å². The Morgan fingerprint density at radius 1 is 1.65 bits per heavy atom. The molecule has 0 saturated heterocycles. The normalized spacial score (nSPS) is 16.6. The average Bonchev–Trinajstić information content (AvgIpc) is 2.78. The largest absolute Gasteiger partial charge is 0.271 e. The van der Waals surface area contributed by atoms with Crippen LogP contribution in [0.3, 0.4) is 0 Å². The first-order valence-electron chi connectivity index (χ1n) is 6.06. The minimum absolute atomic E-state index is 0.239. The van der Waals surface area contributed by atoms with E-state index in [1.165, 1.54) is 28.2 Å². The van der Waals surface area contributed by atoms with Gasteiger partial charge < -0.3 is 0 Å². The van der Waals surface area contributed by atoms with E-state index in [9.17, 15) is 0 Å². The highest BCUT2D eigenvalue weighted by Crippen LogP contribution is 2.35. The Labute approximate surface area is 112 Å². The SMILES string of the molecule is C=C(CC)CC(NN)c1cc2c(s1)CCSC2. The fourth-order valence-corrected chi connectivity index (χ4v) is 4.45. The predicted octanol–water partition coefficient (Wildman–Crippen LogP) is 3.40. The van der Waals surface area contributed by atoms with Gasteiger partial charge in [0, 0.05) is 15.5 Å². The maximum absolute atomic E-state index is 5.68. The van der Waals surface area contributed by atoms with E-state index in [-0.39, 0.29) is 6.04 Å². The highest BCUT2D eigenvalue weighted by atomic mass is 32.2. The summed E-state index contributed by atoms with van der Waals surface area (Å²) in [6, 6.07) is 2.57. The lowest BCUT2D eigenvalue weighted by atomic mass is 10.0. The van der Waals surface area contributed by atoms with Crippen LogP contribution in [-0.2, 0) is 12.2 Å². The van der Waals surface area contributed by atoms with Crippen molar-refractivity contribution >= 4 is 23.1 Å². The van der Waals surface area contributed by atoms with E-state index in [1.54, 1.807) is 4.88 Å². The number of nitrogens with two attached hydrogens (primary N) is 1. The summed E-state index contributed by atoms with van der Waals surface area (Å²) in [5, 5.41) is 0. The van der Waals surface area contributed by atoms with Gasteiger partial charge in [-0.05, 0) is 36.6 Å². The van der Waals surface area contributed by atoms with Crippen LogP contribution in [0.4, 0.5) is 0 Å². The van der Waals surface area contributed by atoms with Crippen LogP contribution in [0.25, 0.3) is 0 Å². The number of thiophene rings is 1. The van der Waals surface area contributed by atoms with E-state index in [0.29, 0.717) is 0 Å². The van der Waals surface area contributed by atoms with E-state index in [0.717, 1.165) is 18.6 Å². The van der Waals surface area contributed by atoms with Crippen LogP contribution < -0.4 is 11.3 Å². The maximum Gasteiger partial charge on any atom is 0.0590 e. The van der Waals surface area contributed by atoms with Crippen molar-refractivity contribution in [2.75, 3.05) is 5.75 Å². The second-order valence-electron chi connectivity index (χ2n) is 4.43. The zero-order valence-electron chi connectivity index (χ0n) is 10.3. The van der Waals surface area contributed by atoms with Crippen molar-refractivity contribution in [2.24, 2.45) is 5.84 Å². The van der Waals surface area contributed by atoms with Gasteiger partial charge >= 0.3 is 0 Å². The molecule has 1 aliphatic heterocycles. The van der Waals surface area contributed by atoms with Crippen molar-refractivity contribution in [3.05, 3.63) is 33.5 Å². The van der Waals surface area contributed by atoms with Gasteiger partial charge in [-0.3, -0.25) is 11.3 Å². The first-order chi connectivity index (χ1) is 8.24. The van der Waals surface area contributed by atoms with Crippen molar-refractivity contribution in [1.29, 1.82) is 0 Å². The molecular weight excluding hydrogens is 248 g/mol. The summed E-state index contributed by atoms with van der Waals surface area (Å²) in [5.74, 6) is 8.10. The minimum atomic E-state index is 0.239. The van der Waals surface area contributed by atoms with Crippen molar-refractivity contribution in [1.82, 2.24) is 5.43 Å². The van der Waals surface area contributed by atoms with Gasteiger partial charge in [0.25, 0.3) is 0 Å². The van der Waals surface area contributed by atoms with Crippen LogP contribution in [0.5, 0.6) is 0 Å². The van der Waals surface area contributed by atoms with Gasteiger partial charge in [-0.25, -0.2) is 0 Å². The molecule has 1 unspecified atom stereocenters. The maximum atomic E-state index is 5.68.